The molecule has 136 valence electrons. The summed E-state index contributed by atoms with van der Waals surface area (Å²) in [4.78, 5) is 14.8. The van der Waals surface area contributed by atoms with Crippen LogP contribution in [0, 0.1) is 5.82 Å². The van der Waals surface area contributed by atoms with Gasteiger partial charge >= 0.3 is 0 Å². The summed E-state index contributed by atoms with van der Waals surface area (Å²) in [5.74, 6) is 0.640. The van der Waals surface area contributed by atoms with Gasteiger partial charge < -0.3 is 15.1 Å². The molecule has 2 N–H and O–H groups in total. The molecule has 1 fully saturated rings. The van der Waals surface area contributed by atoms with E-state index in [-0.39, 0.29) is 36.7 Å². The van der Waals surface area contributed by atoms with Crippen LogP contribution in [-0.4, -0.2) is 23.4 Å². The Bertz CT molecular complexity index is 681. The molecule has 1 saturated carbocycles. The average Bonchev–Trinajstić information content (AvgIpc) is 3.28. The number of amides is 1. The van der Waals surface area contributed by atoms with Crippen molar-refractivity contribution in [1.29, 1.82) is 0 Å². The first-order valence-corrected chi connectivity index (χ1v) is 8.51. The van der Waals surface area contributed by atoms with Gasteiger partial charge in [0.25, 0.3) is 5.91 Å². The first kappa shape index (κ1) is 19.5. The van der Waals surface area contributed by atoms with Crippen LogP contribution < -0.4 is 5.73 Å². The van der Waals surface area contributed by atoms with E-state index < -0.39 is 0 Å². The van der Waals surface area contributed by atoms with Gasteiger partial charge in [0.2, 0.25) is 0 Å². The maximum atomic E-state index is 13.0. The van der Waals surface area contributed by atoms with Crippen LogP contribution in [0.1, 0.15) is 47.6 Å². The number of halogens is 2. The third kappa shape index (κ3) is 4.83. The lowest BCUT2D eigenvalue weighted by Gasteiger charge is -2.28. The highest BCUT2D eigenvalue weighted by atomic mass is 35.5. The molecule has 6 heteroatoms. The summed E-state index contributed by atoms with van der Waals surface area (Å²) < 4.78 is 18.6. The van der Waals surface area contributed by atoms with E-state index >= 15 is 0 Å². The largest absolute Gasteiger partial charge is 0.455 e. The SMILES string of the molecule is Cl.NCc1ccc(C(=O)N(CCc2ccc(F)cc2)C2CCCC2)o1. The zero-order valence-electron chi connectivity index (χ0n) is 14.1. The highest BCUT2D eigenvalue weighted by Crippen LogP contribution is 2.25. The average molecular weight is 367 g/mol. The molecule has 0 spiro atoms. The summed E-state index contributed by atoms with van der Waals surface area (Å²) in [6.45, 7) is 0.889. The van der Waals surface area contributed by atoms with Gasteiger partial charge in [-0.15, -0.1) is 12.4 Å². The summed E-state index contributed by atoms with van der Waals surface area (Å²) >= 11 is 0. The number of hydrogen-bond acceptors (Lipinski definition) is 3. The summed E-state index contributed by atoms with van der Waals surface area (Å²) in [6.07, 6.45) is 5.06. The number of nitrogens with zero attached hydrogens (tertiary/aromatic N) is 1. The number of carbonyl (C=O) groups is 1. The molecular weight excluding hydrogens is 343 g/mol. The summed E-state index contributed by atoms with van der Waals surface area (Å²) in [5.41, 5.74) is 6.58. The molecule has 1 heterocycles. The molecule has 0 unspecified atom stereocenters. The molecule has 0 aliphatic heterocycles. The van der Waals surface area contributed by atoms with Crippen LogP contribution >= 0.6 is 12.4 Å². The second-order valence-electron chi connectivity index (χ2n) is 6.28. The molecule has 1 aromatic heterocycles. The monoisotopic (exact) mass is 366 g/mol. The summed E-state index contributed by atoms with van der Waals surface area (Å²) in [7, 11) is 0. The number of rotatable bonds is 6. The van der Waals surface area contributed by atoms with E-state index in [2.05, 4.69) is 0 Å². The molecule has 3 rings (SSSR count). The van der Waals surface area contributed by atoms with E-state index in [1.807, 2.05) is 4.90 Å². The quantitative estimate of drug-likeness (QED) is 0.842. The Balaban J connectivity index is 0.00000225. The Morgan fingerprint density at radius 3 is 2.44 bits per heavy atom. The molecule has 4 nitrogen and oxygen atoms in total. The highest BCUT2D eigenvalue weighted by Gasteiger charge is 2.28. The van der Waals surface area contributed by atoms with Crippen LogP contribution in [0.4, 0.5) is 4.39 Å². The number of carbonyl (C=O) groups excluding carboxylic acids is 1. The van der Waals surface area contributed by atoms with Crippen molar-refractivity contribution in [3.05, 3.63) is 59.3 Å². The van der Waals surface area contributed by atoms with Gasteiger partial charge in [-0.3, -0.25) is 4.79 Å². The molecule has 25 heavy (non-hydrogen) atoms. The number of hydrogen-bond donors (Lipinski definition) is 1. The summed E-state index contributed by atoms with van der Waals surface area (Å²) in [5, 5.41) is 0. The third-order valence-electron chi connectivity index (χ3n) is 4.65. The Labute approximate surface area is 153 Å². The fourth-order valence-corrected chi connectivity index (χ4v) is 3.31. The van der Waals surface area contributed by atoms with E-state index in [1.165, 1.54) is 12.1 Å². The first-order chi connectivity index (χ1) is 11.7. The van der Waals surface area contributed by atoms with Crippen molar-refractivity contribution in [2.24, 2.45) is 5.73 Å². The van der Waals surface area contributed by atoms with Crippen molar-refractivity contribution >= 4 is 18.3 Å². The highest BCUT2D eigenvalue weighted by molar-refractivity contribution is 5.91. The Kier molecular flexibility index (Phi) is 7.02. The van der Waals surface area contributed by atoms with Crippen molar-refractivity contribution in [1.82, 2.24) is 4.90 Å². The zero-order valence-corrected chi connectivity index (χ0v) is 14.9. The van der Waals surface area contributed by atoms with Crippen molar-refractivity contribution in [2.75, 3.05) is 6.54 Å². The van der Waals surface area contributed by atoms with Crippen molar-refractivity contribution in [2.45, 2.75) is 44.7 Å². The number of nitrogens with two attached hydrogens (primary N) is 1. The topological polar surface area (TPSA) is 59.5 Å². The van der Waals surface area contributed by atoms with Gasteiger partial charge in [-0.25, -0.2) is 4.39 Å². The zero-order chi connectivity index (χ0) is 16.9. The van der Waals surface area contributed by atoms with Crippen molar-refractivity contribution < 1.29 is 13.6 Å². The van der Waals surface area contributed by atoms with Gasteiger partial charge in [0.1, 0.15) is 11.6 Å². The van der Waals surface area contributed by atoms with Crippen LogP contribution in [0.25, 0.3) is 0 Å². The van der Waals surface area contributed by atoms with Gasteiger partial charge in [-0.05, 0) is 49.1 Å². The third-order valence-corrected chi connectivity index (χ3v) is 4.65. The fourth-order valence-electron chi connectivity index (χ4n) is 3.31. The van der Waals surface area contributed by atoms with Gasteiger partial charge in [0.15, 0.2) is 5.76 Å². The van der Waals surface area contributed by atoms with Crippen LogP contribution in [-0.2, 0) is 13.0 Å². The van der Waals surface area contributed by atoms with E-state index in [4.69, 9.17) is 10.2 Å². The van der Waals surface area contributed by atoms with E-state index in [0.29, 0.717) is 24.5 Å². The molecular formula is C19H24ClFN2O2. The predicted molar refractivity (Wildman–Crippen MR) is 97.2 cm³/mol. The van der Waals surface area contributed by atoms with Gasteiger partial charge in [0, 0.05) is 12.6 Å². The molecule has 1 amide bonds. The minimum Gasteiger partial charge on any atom is -0.455 e. The smallest absolute Gasteiger partial charge is 0.289 e. The molecule has 1 aromatic carbocycles. The molecule has 2 aromatic rings. The molecule has 1 aliphatic rings. The van der Waals surface area contributed by atoms with E-state index in [0.717, 1.165) is 31.2 Å². The lowest BCUT2D eigenvalue weighted by molar-refractivity contribution is 0.0649. The second-order valence-corrected chi connectivity index (χ2v) is 6.28. The summed E-state index contributed by atoms with van der Waals surface area (Å²) in [6, 6.07) is 10.2. The minimum absolute atomic E-state index is 0. The maximum Gasteiger partial charge on any atom is 0.289 e. The van der Waals surface area contributed by atoms with Crippen LogP contribution in [0.5, 0.6) is 0 Å². The van der Waals surface area contributed by atoms with Gasteiger partial charge in [-0.2, -0.15) is 0 Å². The lowest BCUT2D eigenvalue weighted by Crippen LogP contribution is -2.40. The molecule has 1 aliphatic carbocycles. The number of benzene rings is 1. The normalized spacial score (nSPS) is 14.3. The standard InChI is InChI=1S/C19H23FN2O2.ClH/c20-15-7-5-14(6-8-15)11-12-22(16-3-1-2-4-16)19(23)18-10-9-17(13-21)24-18;/h5-10,16H,1-4,11-13,21H2;1H. The van der Waals surface area contributed by atoms with E-state index in [9.17, 15) is 9.18 Å². The number of furan rings is 1. The minimum atomic E-state index is -0.243. The van der Waals surface area contributed by atoms with Gasteiger partial charge in [0.05, 0.1) is 6.54 Å². The van der Waals surface area contributed by atoms with Gasteiger partial charge in [-0.1, -0.05) is 25.0 Å². The first-order valence-electron chi connectivity index (χ1n) is 8.51. The predicted octanol–water partition coefficient (Wildman–Crippen LogP) is 3.93. The van der Waals surface area contributed by atoms with Crippen LogP contribution in [0.15, 0.2) is 40.8 Å². The van der Waals surface area contributed by atoms with E-state index in [1.54, 1.807) is 24.3 Å². The van der Waals surface area contributed by atoms with Crippen molar-refractivity contribution in [3.8, 4) is 0 Å². The molecule has 0 saturated heterocycles. The van der Waals surface area contributed by atoms with Crippen molar-refractivity contribution in [3.63, 3.8) is 0 Å². The second kappa shape index (κ2) is 9.02. The molecule has 0 bridgehead atoms. The Morgan fingerprint density at radius 1 is 1.16 bits per heavy atom. The molecule has 0 radical (unpaired) electrons. The lowest BCUT2D eigenvalue weighted by atomic mass is 10.1. The fraction of sp³-hybridized carbons (Fsp3) is 0.421. The Morgan fingerprint density at radius 2 is 1.84 bits per heavy atom. The van der Waals surface area contributed by atoms with Crippen LogP contribution in [0.2, 0.25) is 0 Å². The molecule has 0 atom stereocenters. The Hall–Kier alpha value is -1.85. The maximum absolute atomic E-state index is 13.0. The van der Waals surface area contributed by atoms with Crippen LogP contribution in [0.3, 0.4) is 0 Å².